The van der Waals surface area contributed by atoms with Crippen molar-refractivity contribution < 1.29 is 0 Å². The summed E-state index contributed by atoms with van der Waals surface area (Å²) in [5, 5.41) is 1.97. The lowest BCUT2D eigenvalue weighted by molar-refractivity contribution is 0.310. The van der Waals surface area contributed by atoms with Crippen LogP contribution in [-0.4, -0.2) is 27.6 Å². The van der Waals surface area contributed by atoms with Crippen LogP contribution in [0.3, 0.4) is 0 Å². The molecule has 0 spiro atoms. The molecule has 3 heterocycles. The molecule has 0 saturated heterocycles. The summed E-state index contributed by atoms with van der Waals surface area (Å²) >= 11 is 5.97. The summed E-state index contributed by atoms with van der Waals surface area (Å²) in [6.07, 6.45) is 2.91. The molecule has 5 rings (SSSR count). The third-order valence-electron chi connectivity index (χ3n) is 5.95. The molecule has 29 heavy (non-hydrogen) atoms. The first-order valence-corrected chi connectivity index (χ1v) is 10.2. The maximum Gasteiger partial charge on any atom is 0.255 e. The second-order valence-electron chi connectivity index (χ2n) is 7.80. The third-order valence-corrected chi connectivity index (χ3v) is 6.21. The molecule has 0 fully saturated rings. The highest BCUT2D eigenvalue weighted by atomic mass is 35.5. The van der Waals surface area contributed by atoms with Gasteiger partial charge in [0.05, 0.1) is 11.2 Å². The minimum atomic E-state index is -0.0458. The molecular weight excluding hydrogens is 382 g/mol. The predicted octanol–water partition coefficient (Wildman–Crippen LogP) is 4.64. The number of aromatic nitrogens is 2. The number of halogens is 1. The molecule has 2 aromatic heterocycles. The van der Waals surface area contributed by atoms with Crippen molar-refractivity contribution in [3.63, 3.8) is 0 Å². The normalized spacial score (nSPS) is 14.3. The molecule has 0 radical (unpaired) electrons. The van der Waals surface area contributed by atoms with E-state index in [1.165, 1.54) is 22.2 Å². The Morgan fingerprint density at radius 3 is 2.48 bits per heavy atom. The standard InChI is InChI=1S/C24H22ClN3O/c1-26-11-10-22-21(15-26)20-8-7-19(14-23(20)27(22)2)28-12-9-17(13-24(28)29)16-3-5-18(25)6-4-16/h3-9,12-14H,10-11,15H2,1-2H3. The molecular formula is C24H22ClN3O. The number of benzene rings is 2. The van der Waals surface area contributed by atoms with Gasteiger partial charge in [-0.15, -0.1) is 0 Å². The first-order valence-electron chi connectivity index (χ1n) is 9.79. The highest BCUT2D eigenvalue weighted by molar-refractivity contribution is 6.30. The van der Waals surface area contributed by atoms with E-state index in [1.54, 1.807) is 10.6 Å². The lowest BCUT2D eigenvalue weighted by Gasteiger charge is -2.23. The Morgan fingerprint density at radius 1 is 0.931 bits per heavy atom. The Labute approximate surface area is 174 Å². The zero-order valence-electron chi connectivity index (χ0n) is 16.5. The topological polar surface area (TPSA) is 30.2 Å². The molecule has 0 atom stereocenters. The maximum absolute atomic E-state index is 12.9. The predicted molar refractivity (Wildman–Crippen MR) is 119 cm³/mol. The molecule has 4 aromatic rings. The van der Waals surface area contributed by atoms with Gasteiger partial charge >= 0.3 is 0 Å². The molecule has 0 amide bonds. The lowest BCUT2D eigenvalue weighted by atomic mass is 10.0. The van der Waals surface area contributed by atoms with Crippen LogP contribution >= 0.6 is 11.6 Å². The number of fused-ring (bicyclic) bond motifs is 3. The monoisotopic (exact) mass is 403 g/mol. The largest absolute Gasteiger partial charge is 0.347 e. The van der Waals surface area contributed by atoms with Crippen molar-refractivity contribution in [1.29, 1.82) is 0 Å². The Hall–Kier alpha value is -2.82. The number of pyridine rings is 1. The van der Waals surface area contributed by atoms with E-state index in [9.17, 15) is 4.79 Å². The summed E-state index contributed by atoms with van der Waals surface area (Å²) in [5.41, 5.74) is 6.70. The van der Waals surface area contributed by atoms with Gasteiger partial charge in [0.25, 0.3) is 5.56 Å². The van der Waals surface area contributed by atoms with Gasteiger partial charge in [-0.2, -0.15) is 0 Å². The zero-order chi connectivity index (χ0) is 20.1. The van der Waals surface area contributed by atoms with E-state index in [1.807, 2.05) is 42.6 Å². The fraction of sp³-hybridized carbons (Fsp3) is 0.208. The van der Waals surface area contributed by atoms with Crippen molar-refractivity contribution in [1.82, 2.24) is 14.0 Å². The van der Waals surface area contributed by atoms with E-state index in [0.717, 1.165) is 36.3 Å². The van der Waals surface area contributed by atoms with Crippen LogP contribution in [-0.2, 0) is 20.0 Å². The van der Waals surface area contributed by atoms with Crippen LogP contribution in [0.15, 0.2) is 65.6 Å². The molecule has 0 saturated carbocycles. The van der Waals surface area contributed by atoms with Gasteiger partial charge in [-0.1, -0.05) is 29.8 Å². The highest BCUT2D eigenvalue weighted by Gasteiger charge is 2.21. The minimum Gasteiger partial charge on any atom is -0.347 e. The number of rotatable bonds is 2. The van der Waals surface area contributed by atoms with E-state index >= 15 is 0 Å². The fourth-order valence-corrected chi connectivity index (χ4v) is 4.49. The van der Waals surface area contributed by atoms with Gasteiger partial charge in [-0.3, -0.25) is 9.36 Å². The smallest absolute Gasteiger partial charge is 0.255 e. The van der Waals surface area contributed by atoms with E-state index in [-0.39, 0.29) is 5.56 Å². The number of aryl methyl sites for hydroxylation is 1. The van der Waals surface area contributed by atoms with Gasteiger partial charge in [-0.05, 0) is 54.1 Å². The Morgan fingerprint density at radius 2 is 1.72 bits per heavy atom. The van der Waals surface area contributed by atoms with Crippen LogP contribution in [0.2, 0.25) is 5.02 Å². The van der Waals surface area contributed by atoms with Gasteiger partial charge in [0.1, 0.15) is 0 Å². The van der Waals surface area contributed by atoms with Crippen molar-refractivity contribution in [3.8, 4) is 16.8 Å². The van der Waals surface area contributed by atoms with Gasteiger partial charge in [0.15, 0.2) is 0 Å². The molecule has 1 aliphatic heterocycles. The summed E-state index contributed by atoms with van der Waals surface area (Å²) in [7, 11) is 4.29. The van der Waals surface area contributed by atoms with Gasteiger partial charge in [0.2, 0.25) is 0 Å². The summed E-state index contributed by atoms with van der Waals surface area (Å²) < 4.78 is 3.99. The van der Waals surface area contributed by atoms with E-state index < -0.39 is 0 Å². The van der Waals surface area contributed by atoms with Crippen LogP contribution in [0.5, 0.6) is 0 Å². The molecule has 5 heteroatoms. The Balaban J connectivity index is 1.58. The quantitative estimate of drug-likeness (QED) is 0.488. The zero-order valence-corrected chi connectivity index (χ0v) is 17.3. The number of hydrogen-bond donors (Lipinski definition) is 0. The van der Waals surface area contributed by atoms with Crippen LogP contribution < -0.4 is 5.56 Å². The number of likely N-dealkylation sites (N-methyl/N-ethyl adjacent to an activating group) is 1. The van der Waals surface area contributed by atoms with Crippen molar-refractivity contribution >= 4 is 22.5 Å². The third kappa shape index (κ3) is 3.09. The fourth-order valence-electron chi connectivity index (χ4n) is 4.36. The van der Waals surface area contributed by atoms with Crippen LogP contribution in [0.25, 0.3) is 27.7 Å². The van der Waals surface area contributed by atoms with Crippen LogP contribution in [0.1, 0.15) is 11.3 Å². The Bertz CT molecular complexity index is 1280. The Kier molecular flexibility index (Phi) is 4.34. The van der Waals surface area contributed by atoms with Crippen molar-refractivity contribution in [2.45, 2.75) is 13.0 Å². The van der Waals surface area contributed by atoms with Gasteiger partial charge in [0, 0.05) is 54.9 Å². The highest BCUT2D eigenvalue weighted by Crippen LogP contribution is 2.31. The number of hydrogen-bond acceptors (Lipinski definition) is 2. The molecule has 0 aliphatic carbocycles. The van der Waals surface area contributed by atoms with Crippen LogP contribution in [0, 0.1) is 0 Å². The van der Waals surface area contributed by atoms with E-state index in [4.69, 9.17) is 11.6 Å². The average molecular weight is 404 g/mol. The second kappa shape index (κ2) is 6.90. The molecule has 4 nitrogen and oxygen atoms in total. The molecule has 146 valence electrons. The summed E-state index contributed by atoms with van der Waals surface area (Å²) in [6.45, 7) is 2.05. The number of nitrogens with zero attached hydrogens (tertiary/aromatic N) is 3. The van der Waals surface area contributed by atoms with Crippen molar-refractivity contribution in [2.24, 2.45) is 7.05 Å². The second-order valence-corrected chi connectivity index (χ2v) is 8.24. The molecule has 0 unspecified atom stereocenters. The van der Waals surface area contributed by atoms with Crippen LogP contribution in [0.4, 0.5) is 0 Å². The molecule has 1 aliphatic rings. The minimum absolute atomic E-state index is 0.0458. The SMILES string of the molecule is CN1CCc2c(c3ccc(-n4ccc(-c5ccc(Cl)cc5)cc4=O)cc3n2C)C1. The summed E-state index contributed by atoms with van der Waals surface area (Å²) in [4.78, 5) is 15.2. The van der Waals surface area contributed by atoms with Crippen molar-refractivity contribution in [2.75, 3.05) is 13.6 Å². The van der Waals surface area contributed by atoms with Crippen molar-refractivity contribution in [3.05, 3.63) is 87.4 Å². The summed E-state index contributed by atoms with van der Waals surface area (Å²) in [5.74, 6) is 0. The molecule has 2 aromatic carbocycles. The van der Waals surface area contributed by atoms with E-state index in [2.05, 4.69) is 35.7 Å². The van der Waals surface area contributed by atoms with E-state index in [0.29, 0.717) is 5.02 Å². The summed E-state index contributed by atoms with van der Waals surface area (Å²) in [6, 6.07) is 17.5. The lowest BCUT2D eigenvalue weighted by Crippen LogP contribution is -2.26. The first kappa shape index (κ1) is 18.2. The first-order chi connectivity index (χ1) is 14.0. The average Bonchev–Trinajstić information content (AvgIpc) is 2.99. The maximum atomic E-state index is 12.9. The van der Waals surface area contributed by atoms with Gasteiger partial charge < -0.3 is 9.47 Å². The molecule has 0 bridgehead atoms. The van der Waals surface area contributed by atoms with Gasteiger partial charge in [-0.25, -0.2) is 0 Å². The molecule has 0 N–H and O–H groups in total.